The first-order valence-electron chi connectivity index (χ1n) is 13.2. The standard InChI is InChI=1S/C29H36F3N3O2/c1-4-19-14-34(15-19)9-10-37-20-12-23(30)26(24(31)13-20)28-27-22(21-7-5-6-8-25(21)33-27)11-18(2)35(28)16-29(3,32)17-36/h5-8,12-13,18-19,28,33,36H,4,9-11,14-17H2,1-3H3/t18-,28-,29-/m1/s1. The summed E-state index contributed by atoms with van der Waals surface area (Å²) in [5.41, 5.74) is 0.429. The van der Waals surface area contributed by atoms with Crippen molar-refractivity contribution in [2.45, 2.75) is 51.4 Å². The second-order valence-corrected chi connectivity index (χ2v) is 10.9. The number of benzene rings is 2. The van der Waals surface area contributed by atoms with Gasteiger partial charge in [-0.2, -0.15) is 0 Å². The molecule has 2 N–H and O–H groups in total. The van der Waals surface area contributed by atoms with Gasteiger partial charge in [0.05, 0.1) is 12.6 Å². The predicted octanol–water partition coefficient (Wildman–Crippen LogP) is 5.22. The zero-order valence-electron chi connectivity index (χ0n) is 21.7. The molecule has 8 heteroatoms. The largest absolute Gasteiger partial charge is 0.492 e. The van der Waals surface area contributed by atoms with E-state index in [0.717, 1.165) is 41.9 Å². The Balaban J connectivity index is 1.47. The van der Waals surface area contributed by atoms with Crippen LogP contribution < -0.4 is 4.74 Å². The molecule has 2 aliphatic rings. The van der Waals surface area contributed by atoms with Crippen molar-refractivity contribution in [3.8, 4) is 5.75 Å². The molecule has 0 bridgehead atoms. The first kappa shape index (κ1) is 26.1. The summed E-state index contributed by atoms with van der Waals surface area (Å²) in [7, 11) is 0. The number of nitrogens with zero attached hydrogens (tertiary/aromatic N) is 2. The van der Waals surface area contributed by atoms with E-state index < -0.39 is 30.0 Å². The van der Waals surface area contributed by atoms with E-state index in [1.807, 2.05) is 31.2 Å². The van der Waals surface area contributed by atoms with Gasteiger partial charge in [0.2, 0.25) is 0 Å². The number of alkyl halides is 1. The van der Waals surface area contributed by atoms with Gasteiger partial charge in [-0.05, 0) is 37.8 Å². The molecule has 1 aromatic heterocycles. The number of likely N-dealkylation sites (tertiary alicyclic amines) is 1. The van der Waals surface area contributed by atoms with Crippen LogP contribution in [0.1, 0.15) is 50.1 Å². The number of aliphatic hydroxyl groups is 1. The molecule has 37 heavy (non-hydrogen) atoms. The molecule has 3 aromatic rings. The molecule has 2 aromatic carbocycles. The molecule has 0 amide bonds. The number of halogens is 3. The molecule has 3 atom stereocenters. The molecule has 2 aliphatic heterocycles. The van der Waals surface area contributed by atoms with Crippen LogP contribution in [0.5, 0.6) is 5.75 Å². The van der Waals surface area contributed by atoms with Crippen molar-refractivity contribution in [3.05, 3.63) is 64.9 Å². The van der Waals surface area contributed by atoms with E-state index in [4.69, 9.17) is 4.74 Å². The highest BCUT2D eigenvalue weighted by atomic mass is 19.1. The first-order valence-corrected chi connectivity index (χ1v) is 13.2. The van der Waals surface area contributed by atoms with E-state index >= 15 is 13.2 Å². The van der Waals surface area contributed by atoms with Gasteiger partial charge in [-0.25, -0.2) is 13.2 Å². The van der Waals surface area contributed by atoms with E-state index in [2.05, 4.69) is 16.8 Å². The number of H-pyrrole nitrogens is 1. The van der Waals surface area contributed by atoms with Crippen molar-refractivity contribution in [3.63, 3.8) is 0 Å². The van der Waals surface area contributed by atoms with Crippen LogP contribution in [-0.2, 0) is 6.42 Å². The van der Waals surface area contributed by atoms with Crippen LogP contribution in [0.3, 0.4) is 0 Å². The van der Waals surface area contributed by atoms with Gasteiger partial charge in [-0.3, -0.25) is 9.80 Å². The quantitative estimate of drug-likeness (QED) is 0.410. The van der Waals surface area contributed by atoms with E-state index in [9.17, 15) is 5.11 Å². The van der Waals surface area contributed by atoms with Gasteiger partial charge in [-0.1, -0.05) is 31.5 Å². The molecular weight excluding hydrogens is 479 g/mol. The van der Waals surface area contributed by atoms with Crippen molar-refractivity contribution in [1.82, 2.24) is 14.8 Å². The van der Waals surface area contributed by atoms with E-state index in [1.165, 1.54) is 19.1 Å². The third-order valence-corrected chi connectivity index (χ3v) is 7.97. The third kappa shape index (κ3) is 5.11. The van der Waals surface area contributed by atoms with Gasteiger partial charge in [0.15, 0.2) is 0 Å². The fraction of sp³-hybridized carbons (Fsp3) is 0.517. The summed E-state index contributed by atoms with van der Waals surface area (Å²) >= 11 is 0. The van der Waals surface area contributed by atoms with Crippen LogP contribution in [0.25, 0.3) is 10.9 Å². The van der Waals surface area contributed by atoms with Gasteiger partial charge >= 0.3 is 0 Å². The highest BCUT2D eigenvalue weighted by Crippen LogP contribution is 2.43. The number of ether oxygens (including phenoxy) is 1. The molecule has 0 radical (unpaired) electrons. The monoisotopic (exact) mass is 515 g/mol. The van der Waals surface area contributed by atoms with Crippen molar-refractivity contribution < 1.29 is 23.0 Å². The number of para-hydroxylation sites is 1. The molecule has 5 rings (SSSR count). The number of hydrogen-bond donors (Lipinski definition) is 2. The average molecular weight is 516 g/mol. The van der Waals surface area contributed by atoms with Crippen LogP contribution >= 0.6 is 0 Å². The smallest absolute Gasteiger partial charge is 0.143 e. The maximum absolute atomic E-state index is 15.7. The Labute approximate surface area is 216 Å². The third-order valence-electron chi connectivity index (χ3n) is 7.97. The van der Waals surface area contributed by atoms with E-state index in [1.54, 1.807) is 4.90 Å². The summed E-state index contributed by atoms with van der Waals surface area (Å²) in [6.45, 7) is 7.69. The Bertz CT molecular complexity index is 1230. The SMILES string of the molecule is CCC1CN(CCOc2cc(F)c([C@@H]3c4[nH]c5ccccc5c4C[C@@H](C)N3C[C@@](C)(F)CO)c(F)c2)C1. The highest BCUT2D eigenvalue weighted by molar-refractivity contribution is 5.85. The number of aliphatic hydroxyl groups excluding tert-OH is 1. The maximum Gasteiger partial charge on any atom is 0.143 e. The van der Waals surface area contributed by atoms with Crippen LogP contribution in [0.15, 0.2) is 36.4 Å². The van der Waals surface area contributed by atoms with Crippen molar-refractivity contribution in [2.75, 3.05) is 39.4 Å². The summed E-state index contributed by atoms with van der Waals surface area (Å²) in [4.78, 5) is 7.38. The Morgan fingerprint density at radius 1 is 1.16 bits per heavy atom. The first-order chi connectivity index (χ1) is 17.7. The number of nitrogens with one attached hydrogen (secondary N) is 1. The molecule has 0 spiro atoms. The average Bonchev–Trinajstić information content (AvgIpc) is 3.20. The molecule has 0 saturated carbocycles. The lowest BCUT2D eigenvalue weighted by molar-refractivity contribution is 0.0162. The molecule has 5 nitrogen and oxygen atoms in total. The van der Waals surface area contributed by atoms with E-state index in [-0.39, 0.29) is 23.9 Å². The molecule has 1 saturated heterocycles. The van der Waals surface area contributed by atoms with Gasteiger partial charge in [0.25, 0.3) is 0 Å². The number of aromatic amines is 1. The normalized spacial score (nSPS) is 22.6. The summed E-state index contributed by atoms with van der Waals surface area (Å²) in [6.07, 6.45) is 1.75. The second-order valence-electron chi connectivity index (χ2n) is 10.9. The topological polar surface area (TPSA) is 51.7 Å². The molecular formula is C29H36F3N3O2. The minimum absolute atomic E-state index is 0.143. The van der Waals surface area contributed by atoms with Crippen LogP contribution in [-0.4, -0.2) is 71.0 Å². The fourth-order valence-corrected chi connectivity index (χ4v) is 5.81. The zero-order valence-corrected chi connectivity index (χ0v) is 21.7. The summed E-state index contributed by atoms with van der Waals surface area (Å²) in [5.74, 6) is -0.600. The number of rotatable bonds is 9. The Kier molecular flexibility index (Phi) is 7.27. The Hall–Kier alpha value is -2.55. The van der Waals surface area contributed by atoms with Crippen molar-refractivity contribution >= 4 is 10.9 Å². The minimum atomic E-state index is -1.93. The number of hydrogen-bond acceptors (Lipinski definition) is 4. The lowest BCUT2D eigenvalue weighted by Gasteiger charge is -2.43. The molecule has 1 fully saturated rings. The van der Waals surface area contributed by atoms with Crippen LogP contribution in [0.2, 0.25) is 0 Å². The van der Waals surface area contributed by atoms with Gasteiger partial charge in [0.1, 0.15) is 29.7 Å². The van der Waals surface area contributed by atoms with Crippen molar-refractivity contribution in [2.24, 2.45) is 5.92 Å². The zero-order chi connectivity index (χ0) is 26.3. The van der Waals surface area contributed by atoms with Gasteiger partial charge in [-0.15, -0.1) is 0 Å². The highest BCUT2D eigenvalue weighted by Gasteiger charge is 2.42. The number of fused-ring (bicyclic) bond motifs is 3. The van der Waals surface area contributed by atoms with E-state index in [0.29, 0.717) is 25.3 Å². The lowest BCUT2D eigenvalue weighted by atomic mass is 9.87. The Morgan fingerprint density at radius 2 is 1.86 bits per heavy atom. The molecule has 0 unspecified atom stereocenters. The summed E-state index contributed by atoms with van der Waals surface area (Å²) in [5, 5.41) is 10.6. The fourth-order valence-electron chi connectivity index (χ4n) is 5.81. The Morgan fingerprint density at radius 3 is 2.54 bits per heavy atom. The van der Waals surface area contributed by atoms with Crippen LogP contribution in [0, 0.1) is 17.6 Å². The summed E-state index contributed by atoms with van der Waals surface area (Å²) in [6, 6.07) is 9.11. The second kappa shape index (κ2) is 10.3. The number of aromatic nitrogens is 1. The van der Waals surface area contributed by atoms with Crippen LogP contribution in [0.4, 0.5) is 13.2 Å². The lowest BCUT2D eigenvalue weighted by Crippen LogP contribution is -2.50. The van der Waals surface area contributed by atoms with Gasteiger partial charge in [0, 0.05) is 66.5 Å². The summed E-state index contributed by atoms with van der Waals surface area (Å²) < 4.78 is 52.2. The van der Waals surface area contributed by atoms with Crippen molar-refractivity contribution in [1.29, 1.82) is 0 Å². The molecule has 0 aliphatic carbocycles. The molecule has 3 heterocycles. The minimum Gasteiger partial charge on any atom is -0.492 e. The molecule has 200 valence electrons. The maximum atomic E-state index is 15.7. The van der Waals surface area contributed by atoms with Gasteiger partial charge < -0.3 is 14.8 Å². The predicted molar refractivity (Wildman–Crippen MR) is 139 cm³/mol.